The Balaban J connectivity index is 0.000000145. The summed E-state index contributed by atoms with van der Waals surface area (Å²) in [6.07, 6.45) is 5.23. The number of carbonyl (C=O) groups excluding carboxylic acids is 5. The second kappa shape index (κ2) is 35.1. The molecule has 17 rings (SSSR count). The van der Waals surface area contributed by atoms with E-state index in [0.717, 1.165) is 36.3 Å². The highest BCUT2D eigenvalue weighted by molar-refractivity contribution is 6.35. The van der Waals surface area contributed by atoms with Crippen LogP contribution in [-0.2, 0) is 26.0 Å². The summed E-state index contributed by atoms with van der Waals surface area (Å²) in [5, 5.41) is 24.3. The number of hydrogen-bond donors (Lipinski definition) is 5. The molecule has 13 heterocycles. The number of hydrogen-bond acceptors (Lipinski definition) is 16. The van der Waals surface area contributed by atoms with Crippen LogP contribution in [0.2, 0.25) is 10.2 Å². The lowest BCUT2D eigenvalue weighted by Crippen LogP contribution is -3.00. The van der Waals surface area contributed by atoms with E-state index in [9.17, 15) is 50.7 Å². The summed E-state index contributed by atoms with van der Waals surface area (Å²) in [7, 11) is 0. The molecule has 0 unspecified atom stereocenters. The summed E-state index contributed by atoms with van der Waals surface area (Å²) in [5.41, 5.74) is 6.26. The van der Waals surface area contributed by atoms with Gasteiger partial charge in [-0.25, -0.2) is 53.3 Å². The minimum atomic E-state index is -2.95. The summed E-state index contributed by atoms with van der Waals surface area (Å²) >= 11 is 12.5. The molecule has 12 aromatic rings. The van der Waals surface area contributed by atoms with Gasteiger partial charge in [-0.1, -0.05) is 78.6 Å². The fraction of sp³-hybridized carbons (Fsp3) is 0.385. The van der Waals surface area contributed by atoms with E-state index in [1.165, 1.54) is 102 Å². The molecule has 5 fully saturated rings. The molecule has 6 N–H and O–H groups in total. The van der Waals surface area contributed by atoms with Gasteiger partial charge in [0.2, 0.25) is 17.6 Å². The van der Waals surface area contributed by atoms with Crippen molar-refractivity contribution in [1.82, 2.24) is 55.5 Å². The van der Waals surface area contributed by atoms with E-state index in [-0.39, 0.29) is 98.3 Å². The molecule has 9 aromatic heterocycles. The van der Waals surface area contributed by atoms with Gasteiger partial charge in [-0.2, -0.15) is 5.10 Å². The third-order valence-electron chi connectivity index (χ3n) is 22.7. The number of H-pyrrole nitrogens is 1. The molecule has 3 aromatic carbocycles. The molecular weight excluding hydrogens is 1670 g/mol. The zero-order valence-electron chi connectivity index (χ0n) is 71.0. The Bertz CT molecular complexity index is 6080. The number of aromatic amines is 1. The largest absolute Gasteiger partial charge is 1.00 e. The van der Waals surface area contributed by atoms with E-state index < -0.39 is 58.6 Å². The van der Waals surface area contributed by atoms with Crippen LogP contribution < -0.4 is 33.3 Å². The van der Waals surface area contributed by atoms with Crippen molar-refractivity contribution in [3.05, 3.63) is 212 Å². The van der Waals surface area contributed by atoms with Crippen LogP contribution in [0, 0.1) is 29.4 Å². The monoisotopic (exact) mass is 1760 g/mol. The van der Waals surface area contributed by atoms with Crippen LogP contribution in [0.25, 0.3) is 83.0 Å². The molecule has 124 heavy (non-hydrogen) atoms. The van der Waals surface area contributed by atoms with Gasteiger partial charge in [-0.3, -0.25) is 29.1 Å². The fourth-order valence-corrected chi connectivity index (χ4v) is 16.2. The van der Waals surface area contributed by atoms with Gasteiger partial charge in [0.25, 0.3) is 29.2 Å². The van der Waals surface area contributed by atoms with Crippen LogP contribution in [0.15, 0.2) is 151 Å². The Hall–Kier alpha value is -11.8. The molecular formula is C91H96Cl3F5N14O11. The molecule has 1 aliphatic carbocycles. The van der Waals surface area contributed by atoms with Gasteiger partial charge in [-0.05, 0) is 168 Å². The third-order valence-corrected chi connectivity index (χ3v) is 23.1. The van der Waals surface area contributed by atoms with Gasteiger partial charge in [0.05, 0.1) is 77.6 Å². The number of alkyl halides is 2. The van der Waals surface area contributed by atoms with Crippen LogP contribution in [-0.4, -0.2) is 167 Å². The predicted molar refractivity (Wildman–Crippen MR) is 456 cm³/mol. The second-order valence-electron chi connectivity index (χ2n) is 35.8. The van der Waals surface area contributed by atoms with Crippen LogP contribution >= 0.6 is 23.2 Å². The van der Waals surface area contributed by atoms with Crippen molar-refractivity contribution in [2.45, 2.75) is 162 Å². The number of benzene rings is 3. The lowest BCUT2D eigenvalue weighted by molar-refractivity contribution is -0.673. The van der Waals surface area contributed by atoms with Gasteiger partial charge in [0, 0.05) is 97.5 Å². The maximum atomic E-state index is 13.9. The molecule has 33 heteroatoms. The molecule has 0 bridgehead atoms. The molecule has 0 atom stereocenters. The average Bonchev–Trinajstić information content (AvgIpc) is 1.64. The summed E-state index contributed by atoms with van der Waals surface area (Å²) in [5.74, 6) is -6.47. The summed E-state index contributed by atoms with van der Waals surface area (Å²) in [6.45, 7) is 41.3. The van der Waals surface area contributed by atoms with E-state index in [2.05, 4.69) is 69.7 Å². The third kappa shape index (κ3) is 19.4. The predicted octanol–water partition coefficient (Wildman–Crippen LogP) is 14.4. The minimum Gasteiger partial charge on any atom is -1.00 e. The first kappa shape index (κ1) is 91.4. The van der Waals surface area contributed by atoms with Crippen LogP contribution in [0.4, 0.5) is 27.6 Å². The summed E-state index contributed by atoms with van der Waals surface area (Å²) in [4.78, 5) is 103. The van der Waals surface area contributed by atoms with Crippen molar-refractivity contribution in [3.8, 4) is 33.8 Å². The first-order chi connectivity index (χ1) is 57.7. The second-order valence-corrected chi connectivity index (χ2v) is 36.6. The Kier molecular flexibility index (Phi) is 25.9. The molecule has 652 valence electrons. The molecule has 5 amide bonds. The highest BCUT2D eigenvalue weighted by Crippen LogP contribution is 2.56. The highest BCUT2D eigenvalue weighted by atomic mass is 35.5. The van der Waals surface area contributed by atoms with Crippen molar-refractivity contribution >= 4 is 109 Å². The Morgan fingerprint density at radius 1 is 0.556 bits per heavy atom. The Morgan fingerprint density at radius 3 is 1.44 bits per heavy atom. The van der Waals surface area contributed by atoms with Gasteiger partial charge >= 0.3 is 5.97 Å². The van der Waals surface area contributed by atoms with Gasteiger partial charge in [0.15, 0.2) is 39.6 Å². The molecule has 1 saturated carbocycles. The van der Waals surface area contributed by atoms with E-state index in [0.29, 0.717) is 110 Å². The highest BCUT2D eigenvalue weighted by Gasteiger charge is 2.65. The molecule has 0 radical (unpaired) electrons. The molecule has 25 nitrogen and oxygen atoms in total. The number of fused-ring (bicyclic) bond motifs is 4. The number of aromatic nitrogens is 6. The number of anilines is 1. The number of piperidine rings is 1. The summed E-state index contributed by atoms with van der Waals surface area (Å²) < 4.78 is 90.6. The number of rotatable bonds is 9. The van der Waals surface area contributed by atoms with Crippen molar-refractivity contribution in [1.29, 1.82) is 0 Å². The zero-order chi connectivity index (χ0) is 89.0. The number of piperazine rings is 3. The first-order valence-corrected chi connectivity index (χ1v) is 41.0. The number of carbonyl (C=O) groups is 6. The number of nitrogens with one attached hydrogen (secondary N) is 3. The molecule has 0 spiro atoms. The summed E-state index contributed by atoms with van der Waals surface area (Å²) in [6, 6.07) is 30.4. The molecule has 4 saturated heterocycles. The smallest absolute Gasteiger partial charge is 0.371 e. The van der Waals surface area contributed by atoms with Gasteiger partial charge in [0.1, 0.15) is 55.7 Å². The number of nitrogens with two attached hydrogens (primary N) is 1. The van der Waals surface area contributed by atoms with E-state index in [1.54, 1.807) is 81.1 Å². The van der Waals surface area contributed by atoms with Crippen LogP contribution in [0.1, 0.15) is 182 Å². The Morgan fingerprint density at radius 2 is 0.984 bits per heavy atom. The number of amides is 5. The van der Waals surface area contributed by atoms with E-state index in [1.807, 2.05) is 73.8 Å². The maximum absolute atomic E-state index is 13.9. The number of furan rings is 4. The standard InChI is InChI=1S/C25H23F3N4O2.C20H17ClFN3O3.C18H22ClN3O3.C18H16FNO3.C10H17N3.ClH/c1-23(2)14-30-8-9-32(23)22(33)20-11-19-21(34-20)17(24(29-3)12-25(27,28)13-24)10-18(31-19)15-4-6-16(26)7-5-15;1-20(2)19(27)23-7-8-25(20)18(26)16-10-15-17(28-16)13(21)9-14(24-15)11-3-5-12(22)6-4-11;1-17(2,3)10-8-13(19)21-11-9-12(25-14(10)11)15(23)22-7-6-20-16(24)18(22,4)5;1-18(2,3)12-8-13(10-4-6-11(19)7-5-10)20-14-9-15(17(21)22)23-16(12)14;1-10(2)4-3-5-13(8-10)9-6-11-12-7-9;/h4-7,10-11,30H,8-9,12-14H2,1-2H3;3-6,9-10H,7-8H2,1-2H3,(H,23,27);8-9H,6-7H2,1-5H3,(H,20,24);4-9H,1-3H3,(H,21,22);6-7H,3-5,8H2,1-2H3,(H,11,12);1H. The number of pyridine rings is 4. The maximum Gasteiger partial charge on any atom is 0.371 e. The number of quaternary nitrogens is 1. The van der Waals surface area contributed by atoms with Gasteiger partial charge < -0.3 is 75.6 Å². The average molecular weight is 1760 g/mol. The lowest BCUT2D eigenvalue weighted by Gasteiger charge is -2.40. The van der Waals surface area contributed by atoms with Crippen LogP contribution in [0.3, 0.4) is 0 Å². The van der Waals surface area contributed by atoms with Crippen molar-refractivity contribution in [2.75, 3.05) is 63.8 Å². The van der Waals surface area contributed by atoms with Crippen molar-refractivity contribution in [3.63, 3.8) is 0 Å². The van der Waals surface area contributed by atoms with Gasteiger partial charge in [-0.15, -0.1) is 0 Å². The Labute approximate surface area is 728 Å². The topological polar surface area (TPSA) is 313 Å². The van der Waals surface area contributed by atoms with Crippen molar-refractivity contribution in [2.24, 2.45) is 5.41 Å². The normalized spacial score (nSPS) is 17.4. The number of aromatic carboxylic acids is 1. The van der Waals surface area contributed by atoms with Crippen LogP contribution in [0.5, 0.6) is 0 Å². The van der Waals surface area contributed by atoms with Crippen molar-refractivity contribution < 1.29 is 91.2 Å². The molecule has 4 aliphatic heterocycles. The first-order valence-electron chi connectivity index (χ1n) is 40.2. The number of carboxylic acid groups (broad SMARTS) is 1. The quantitative estimate of drug-likeness (QED) is 0.0509. The number of carboxylic acids is 1. The van der Waals surface area contributed by atoms with E-state index >= 15 is 0 Å². The fourth-order valence-electron chi connectivity index (χ4n) is 15.8. The van der Waals surface area contributed by atoms with E-state index in [4.69, 9.17) is 52.5 Å². The zero-order valence-corrected chi connectivity index (χ0v) is 73.3. The number of nitrogens with zero attached hydrogens (tertiary/aromatic N) is 10. The SMILES string of the molecule is CC(C)(C)c1cc(-c2ccc(F)cc2)nc2cc(C(=O)O)oc12.CC(C)(C)c1cc(Cl)nc2cc(C(=O)N3CCNC(=O)C3(C)C)oc12.CC1(C)C(=O)NCCN1C(=O)c1cc2nc(-c3ccc(F)cc3)cc(Cl)c2o1.CC1(C)CCCN(c2cn[nH]c2)C1.[C-]#[N+]C1(c2cc(-c3ccc(F)cc3)nc3cc(C(=O)N4CC[NH2+]CC4(C)C)oc23)CC(F)(F)C1.[Cl-]. The minimum absolute atomic E-state index is 0. The lowest BCUT2D eigenvalue weighted by atomic mass is 9.69. The molecule has 5 aliphatic rings. The number of halogens is 8.